The summed E-state index contributed by atoms with van der Waals surface area (Å²) in [5.74, 6) is -1.84. The normalized spacial score (nSPS) is 12.7. The summed E-state index contributed by atoms with van der Waals surface area (Å²) >= 11 is 0. The number of rotatable bonds is 4. The molecule has 0 aliphatic heterocycles. The number of aryl methyl sites for hydroxylation is 1. The molecule has 9 heteroatoms. The van der Waals surface area contributed by atoms with Crippen LogP contribution in [0, 0.1) is 6.92 Å². The molecule has 0 aliphatic rings. The highest BCUT2D eigenvalue weighted by molar-refractivity contribution is 6.02. The van der Waals surface area contributed by atoms with Crippen LogP contribution < -0.4 is 5.32 Å². The van der Waals surface area contributed by atoms with E-state index in [0.29, 0.717) is 0 Å². The van der Waals surface area contributed by atoms with Crippen molar-refractivity contribution in [1.29, 1.82) is 0 Å². The van der Waals surface area contributed by atoms with Gasteiger partial charge in [0, 0.05) is 5.56 Å². The van der Waals surface area contributed by atoms with Gasteiger partial charge in [0.15, 0.2) is 0 Å². The molecule has 0 saturated heterocycles. The molecule has 1 aromatic heterocycles. The number of benzene rings is 1. The van der Waals surface area contributed by atoms with E-state index in [2.05, 4.69) is 10.5 Å². The zero-order chi connectivity index (χ0) is 18.1. The fourth-order valence-electron chi connectivity index (χ4n) is 1.98. The van der Waals surface area contributed by atoms with E-state index in [0.717, 1.165) is 24.3 Å². The Hall–Kier alpha value is -2.84. The third kappa shape index (κ3) is 3.55. The number of alkyl halides is 3. The number of carbonyl (C=O) groups excluding carboxylic acids is 1. The topological polar surface area (TPSA) is 92.4 Å². The SMILES string of the molecule is Cc1onc(-c2ccc(C(F)(F)F)cc2)c1C(=O)NC(C)C(=O)O. The maximum Gasteiger partial charge on any atom is 0.416 e. The van der Waals surface area contributed by atoms with E-state index >= 15 is 0 Å². The van der Waals surface area contributed by atoms with Crippen molar-refractivity contribution in [2.24, 2.45) is 0 Å². The Morgan fingerprint density at radius 1 is 1.25 bits per heavy atom. The lowest BCUT2D eigenvalue weighted by Gasteiger charge is -2.10. The van der Waals surface area contributed by atoms with Gasteiger partial charge in [-0.25, -0.2) is 0 Å². The van der Waals surface area contributed by atoms with Crippen LogP contribution in [0.3, 0.4) is 0 Å². The van der Waals surface area contributed by atoms with E-state index in [1.165, 1.54) is 13.8 Å². The van der Waals surface area contributed by atoms with E-state index in [4.69, 9.17) is 9.63 Å². The Morgan fingerprint density at radius 2 is 1.83 bits per heavy atom. The Kier molecular flexibility index (Phi) is 4.63. The lowest BCUT2D eigenvalue weighted by molar-refractivity contribution is -0.139. The van der Waals surface area contributed by atoms with Crippen molar-refractivity contribution in [2.45, 2.75) is 26.1 Å². The van der Waals surface area contributed by atoms with Crippen LogP contribution >= 0.6 is 0 Å². The van der Waals surface area contributed by atoms with Crippen LogP contribution in [-0.2, 0) is 11.0 Å². The largest absolute Gasteiger partial charge is 0.480 e. The molecule has 0 fully saturated rings. The molecule has 1 amide bonds. The van der Waals surface area contributed by atoms with Gasteiger partial charge >= 0.3 is 12.1 Å². The van der Waals surface area contributed by atoms with Gasteiger partial charge in [0.1, 0.15) is 23.1 Å². The second-order valence-electron chi connectivity index (χ2n) is 5.07. The summed E-state index contributed by atoms with van der Waals surface area (Å²) in [5, 5.41) is 14.8. The number of carboxylic acids is 1. The zero-order valence-electron chi connectivity index (χ0n) is 12.6. The number of carbonyl (C=O) groups is 2. The van der Waals surface area contributed by atoms with E-state index < -0.39 is 29.7 Å². The van der Waals surface area contributed by atoms with Crippen molar-refractivity contribution < 1.29 is 32.4 Å². The monoisotopic (exact) mass is 342 g/mol. The molecule has 0 aliphatic carbocycles. The van der Waals surface area contributed by atoms with E-state index in [9.17, 15) is 22.8 Å². The minimum Gasteiger partial charge on any atom is -0.480 e. The number of nitrogens with one attached hydrogen (secondary N) is 1. The van der Waals surface area contributed by atoms with Gasteiger partial charge in [0.2, 0.25) is 0 Å². The number of amides is 1. The van der Waals surface area contributed by atoms with Gasteiger partial charge in [-0.15, -0.1) is 0 Å². The molecule has 24 heavy (non-hydrogen) atoms. The fourth-order valence-corrected chi connectivity index (χ4v) is 1.98. The third-order valence-corrected chi connectivity index (χ3v) is 3.29. The molecule has 2 aromatic rings. The number of nitrogens with zero attached hydrogens (tertiary/aromatic N) is 1. The van der Waals surface area contributed by atoms with Crippen LogP contribution in [0.4, 0.5) is 13.2 Å². The maximum atomic E-state index is 12.6. The lowest BCUT2D eigenvalue weighted by atomic mass is 10.0. The third-order valence-electron chi connectivity index (χ3n) is 3.29. The Balaban J connectivity index is 2.36. The smallest absolute Gasteiger partial charge is 0.416 e. The number of halogens is 3. The minimum absolute atomic E-state index is 0.0251. The molecular weight excluding hydrogens is 329 g/mol. The molecule has 6 nitrogen and oxygen atoms in total. The molecule has 0 radical (unpaired) electrons. The van der Waals surface area contributed by atoms with E-state index in [1.54, 1.807) is 0 Å². The molecule has 1 aromatic carbocycles. The Morgan fingerprint density at radius 3 is 2.33 bits per heavy atom. The number of aliphatic carboxylic acids is 1. The van der Waals surface area contributed by atoms with Crippen LogP contribution in [-0.4, -0.2) is 28.2 Å². The molecule has 128 valence electrons. The fraction of sp³-hybridized carbons (Fsp3) is 0.267. The molecule has 1 atom stereocenters. The van der Waals surface area contributed by atoms with Crippen LogP contribution in [0.2, 0.25) is 0 Å². The van der Waals surface area contributed by atoms with Gasteiger partial charge in [-0.2, -0.15) is 13.2 Å². The first-order valence-corrected chi connectivity index (χ1v) is 6.79. The Bertz CT molecular complexity index is 766. The van der Waals surface area contributed by atoms with Gasteiger partial charge in [-0.05, 0) is 26.0 Å². The molecule has 1 unspecified atom stereocenters. The first kappa shape index (κ1) is 17.5. The minimum atomic E-state index is -4.48. The van der Waals surface area contributed by atoms with E-state index in [1.807, 2.05) is 0 Å². The molecule has 0 bridgehead atoms. The highest BCUT2D eigenvalue weighted by atomic mass is 19.4. The number of hydrogen-bond acceptors (Lipinski definition) is 4. The first-order chi connectivity index (χ1) is 11.1. The Labute approximate surface area is 134 Å². The van der Waals surface area contributed by atoms with Crippen LogP contribution in [0.25, 0.3) is 11.3 Å². The quantitative estimate of drug-likeness (QED) is 0.891. The highest BCUT2D eigenvalue weighted by Crippen LogP contribution is 2.32. The lowest BCUT2D eigenvalue weighted by Crippen LogP contribution is -2.38. The maximum absolute atomic E-state index is 12.6. The number of carboxylic acid groups (broad SMARTS) is 1. The van der Waals surface area contributed by atoms with Gasteiger partial charge in [0.05, 0.1) is 5.56 Å². The van der Waals surface area contributed by atoms with Gasteiger partial charge in [-0.3, -0.25) is 9.59 Å². The number of aromatic nitrogens is 1. The molecule has 2 rings (SSSR count). The zero-order valence-corrected chi connectivity index (χ0v) is 12.6. The van der Waals surface area contributed by atoms with Crippen LogP contribution in [0.15, 0.2) is 28.8 Å². The summed E-state index contributed by atoms with van der Waals surface area (Å²) in [5.41, 5.74) is -0.580. The second-order valence-corrected chi connectivity index (χ2v) is 5.07. The summed E-state index contributed by atoms with van der Waals surface area (Å²) < 4.78 is 42.7. The van der Waals surface area contributed by atoms with Crippen molar-refractivity contribution in [3.8, 4) is 11.3 Å². The summed E-state index contributed by atoms with van der Waals surface area (Å²) in [6.07, 6.45) is -4.48. The van der Waals surface area contributed by atoms with Crippen molar-refractivity contribution in [3.63, 3.8) is 0 Å². The summed E-state index contributed by atoms with van der Waals surface area (Å²) in [4.78, 5) is 23.0. The van der Waals surface area contributed by atoms with E-state index in [-0.39, 0.29) is 22.6 Å². The standard InChI is InChI=1S/C15H13F3N2O4/c1-7(14(22)23)19-13(21)11-8(2)24-20-12(11)9-3-5-10(6-4-9)15(16,17)18/h3-7H,1-2H3,(H,19,21)(H,22,23). The molecular formula is C15H13F3N2O4. The number of hydrogen-bond donors (Lipinski definition) is 2. The van der Waals surface area contributed by atoms with Crippen molar-refractivity contribution in [2.75, 3.05) is 0 Å². The van der Waals surface area contributed by atoms with Crippen molar-refractivity contribution in [3.05, 3.63) is 41.2 Å². The second kappa shape index (κ2) is 6.34. The van der Waals surface area contributed by atoms with Gasteiger partial charge in [-0.1, -0.05) is 17.3 Å². The molecule has 2 N–H and O–H groups in total. The molecule has 0 saturated carbocycles. The predicted molar refractivity (Wildman–Crippen MR) is 76.2 cm³/mol. The van der Waals surface area contributed by atoms with Gasteiger partial charge < -0.3 is 14.9 Å². The molecule has 1 heterocycles. The van der Waals surface area contributed by atoms with Crippen molar-refractivity contribution in [1.82, 2.24) is 10.5 Å². The summed E-state index contributed by atoms with van der Waals surface area (Å²) in [6.45, 7) is 2.72. The van der Waals surface area contributed by atoms with Gasteiger partial charge in [0.25, 0.3) is 5.91 Å². The van der Waals surface area contributed by atoms with Crippen molar-refractivity contribution >= 4 is 11.9 Å². The van der Waals surface area contributed by atoms with Crippen LogP contribution in [0.1, 0.15) is 28.6 Å². The summed E-state index contributed by atoms with van der Waals surface area (Å²) in [7, 11) is 0. The predicted octanol–water partition coefficient (Wildman–Crippen LogP) is 2.87. The first-order valence-electron chi connectivity index (χ1n) is 6.79. The molecule has 0 spiro atoms. The average Bonchev–Trinajstić information content (AvgIpc) is 2.88. The highest BCUT2D eigenvalue weighted by Gasteiger charge is 2.30. The summed E-state index contributed by atoms with van der Waals surface area (Å²) in [6, 6.07) is 2.91. The van der Waals surface area contributed by atoms with Crippen LogP contribution in [0.5, 0.6) is 0 Å². The average molecular weight is 342 g/mol.